The first-order chi connectivity index (χ1) is 51.8. The minimum absolute atomic E-state index is 0. The molecule has 0 amide bonds. The number of aromatic nitrogens is 2. The Balaban J connectivity index is -0.000000301. The van der Waals surface area contributed by atoms with E-state index >= 15 is 0 Å². The molecule has 3 aromatic carbocycles. The summed E-state index contributed by atoms with van der Waals surface area (Å²) < 4.78 is 48.6. The van der Waals surface area contributed by atoms with E-state index in [4.69, 9.17) is 38.0 Å². The third kappa shape index (κ3) is 49.2. The number of benzene rings is 3. The number of nitrogens with one attached hydrogen (secondary N) is 1. The van der Waals surface area contributed by atoms with Crippen LogP contribution in [0.5, 0.6) is 0 Å². The predicted octanol–water partition coefficient (Wildman–Crippen LogP) is 17.1. The van der Waals surface area contributed by atoms with Crippen LogP contribution in [0.3, 0.4) is 0 Å². The third-order valence-electron chi connectivity index (χ3n) is 20.5. The van der Waals surface area contributed by atoms with Gasteiger partial charge in [0.1, 0.15) is 22.4 Å². The monoisotopic (exact) mass is 1650 g/mol. The van der Waals surface area contributed by atoms with Crippen molar-refractivity contribution in [2.75, 3.05) is 27.2 Å². The van der Waals surface area contributed by atoms with Crippen LogP contribution < -0.4 is 50.9 Å². The number of hydrogen-bond acceptors (Lipinski definition) is 17. The Morgan fingerprint density at radius 2 is 1.12 bits per heavy atom. The van der Waals surface area contributed by atoms with Crippen molar-refractivity contribution in [3.63, 3.8) is 0 Å². The number of halogens is 1. The number of carbonyl (C=O) groups excluding carboxylic acids is 5. The molecule has 2 aromatic heterocycles. The van der Waals surface area contributed by atoms with E-state index in [1.54, 1.807) is 40.0 Å². The normalized spacial score (nSPS) is 16.6. The molecule has 20 nitrogen and oxygen atoms in total. The summed E-state index contributed by atoms with van der Waals surface area (Å²) in [5.74, 6) is -0.168. The molecule has 7 rings (SSSR count). The fourth-order valence-electron chi connectivity index (χ4n) is 11.6. The smallest absolute Gasteiger partial charge is 0.744 e. The van der Waals surface area contributed by atoms with Crippen molar-refractivity contribution in [3.8, 4) is 0 Å². The number of esters is 4. The zero-order valence-corrected chi connectivity index (χ0v) is 73.3. The number of alkyl halides is 1. The average molecular weight is 1650 g/mol. The topological polar surface area (TPSA) is 326 Å². The van der Waals surface area contributed by atoms with Gasteiger partial charge in [-0.1, -0.05) is 206 Å². The van der Waals surface area contributed by atoms with Gasteiger partial charge in [0.15, 0.2) is 12.4 Å². The van der Waals surface area contributed by atoms with Crippen LogP contribution in [-0.2, 0) is 70.3 Å². The second kappa shape index (κ2) is 68.9. The number of rotatable bonds is 36. The average Bonchev–Trinajstić information content (AvgIpc) is 1.51. The largest absolute Gasteiger partial charge is 1.00 e. The van der Waals surface area contributed by atoms with Gasteiger partial charge in [-0.3, -0.25) is 38.5 Å². The Kier molecular flexibility index (Phi) is 71.8. The van der Waals surface area contributed by atoms with Gasteiger partial charge in [0, 0.05) is 50.4 Å². The van der Waals surface area contributed by atoms with Crippen molar-refractivity contribution < 1.29 is 105 Å². The van der Waals surface area contributed by atoms with Crippen LogP contribution >= 0.6 is 11.6 Å². The maximum absolute atomic E-state index is 11.5. The molecule has 0 bridgehead atoms. The molecule has 7 N–H and O–H groups in total. The number of pyridine rings is 2. The number of likely N-dealkylation sites (N-methyl/N-ethyl adjacent to an activating group) is 1. The van der Waals surface area contributed by atoms with Crippen molar-refractivity contribution in [2.45, 2.75) is 308 Å². The van der Waals surface area contributed by atoms with E-state index in [-0.39, 0.29) is 142 Å². The van der Waals surface area contributed by atoms with Gasteiger partial charge in [-0.2, -0.15) is 0 Å². The molecule has 13 unspecified atom stereocenters. The molecular formula is C91H152ClN5NaO15S+. The van der Waals surface area contributed by atoms with E-state index in [1.807, 2.05) is 58.4 Å². The zero-order chi connectivity index (χ0) is 82.6. The van der Waals surface area contributed by atoms with Gasteiger partial charge in [0.25, 0.3) is 0 Å². The van der Waals surface area contributed by atoms with Crippen LogP contribution in [0.4, 0.5) is 0 Å². The molecule has 0 spiro atoms. The Bertz CT molecular complexity index is 3410. The number of nitrogens with two attached hydrogens (primary N) is 2. The Hall–Kier alpha value is -6.11. The second-order valence-electron chi connectivity index (χ2n) is 28.6. The first kappa shape index (κ1) is 119. The fourth-order valence-corrected chi connectivity index (χ4v) is 12.2. The quantitative estimate of drug-likeness (QED) is 0.00473. The molecule has 2 aliphatic heterocycles. The molecule has 0 radical (unpaired) electrons. The van der Waals surface area contributed by atoms with E-state index < -0.39 is 22.1 Å². The number of unbranched alkanes of at least 4 members (excludes halogenated alkanes) is 3. The first-order valence-corrected chi connectivity index (χ1v) is 41.4. The van der Waals surface area contributed by atoms with Crippen molar-refractivity contribution in [1.82, 2.24) is 10.3 Å². The van der Waals surface area contributed by atoms with Gasteiger partial charge in [-0.05, 0) is 210 Å². The fraction of sp³-hybridized carbons (Fsp3) is 0.615. The maximum atomic E-state index is 11.5. The number of carboxylic acids is 2. The van der Waals surface area contributed by atoms with E-state index in [9.17, 15) is 46.5 Å². The summed E-state index contributed by atoms with van der Waals surface area (Å²) in [5, 5.41) is 19.8. The molecule has 0 saturated carbocycles. The number of carboxylic acid groups (broad SMARTS) is 2. The van der Waals surface area contributed by atoms with Crippen LogP contribution in [-0.4, -0.2) is 109 Å². The number of Topliss-reactive ketones (excluding diaryl/α,β-unsaturated/α-hetero) is 1. The minimum atomic E-state index is -4.30. The molecule has 2 aliphatic rings. The Morgan fingerprint density at radius 3 is 1.52 bits per heavy atom. The summed E-state index contributed by atoms with van der Waals surface area (Å²) in [5.41, 5.74) is 18.3. The molecule has 2 fully saturated rings. The van der Waals surface area contributed by atoms with Gasteiger partial charge in [0.05, 0.1) is 46.6 Å². The number of methoxy groups -OCH3 is 1. The van der Waals surface area contributed by atoms with Gasteiger partial charge in [-0.15, -0.1) is 11.6 Å². The van der Waals surface area contributed by atoms with Crippen molar-refractivity contribution in [3.05, 3.63) is 161 Å². The maximum Gasteiger partial charge on any atom is 1.00 e. The predicted molar refractivity (Wildman–Crippen MR) is 462 cm³/mol. The van der Waals surface area contributed by atoms with Crippen LogP contribution in [0.15, 0.2) is 133 Å². The molecule has 23 heteroatoms. The summed E-state index contributed by atoms with van der Waals surface area (Å²) >= 11 is 5.69. The van der Waals surface area contributed by atoms with Crippen molar-refractivity contribution in [1.29, 1.82) is 0 Å². The first-order valence-electron chi connectivity index (χ1n) is 39.5. The number of aryl methyl sites for hydroxylation is 1. The number of carbonyl (C=O) groups is 7. The Morgan fingerprint density at radius 1 is 0.614 bits per heavy atom. The van der Waals surface area contributed by atoms with E-state index in [1.165, 1.54) is 52.8 Å². The number of ketones is 1. The molecule has 0 aliphatic carbocycles. The summed E-state index contributed by atoms with van der Waals surface area (Å²) in [6.45, 7) is 32.9. The third-order valence-corrected chi connectivity index (χ3v) is 21.6. The molecular weight excluding hydrogens is 1490 g/mol. The van der Waals surface area contributed by atoms with E-state index in [0.29, 0.717) is 67.2 Å². The molecule has 644 valence electrons. The molecule has 4 heterocycles. The SMILES string of the molecule is C.C.C.C.CC(CCC1C(=O)OC(=O)C1C)c1ccccc1.CCC(C)C(=O)O.CCC(C)CN.CCC(C)c1ccc(CCl)cc1.CCC(C)c1ccc(S(=O)(=O)[O-])cc1.CCC(CC(C)c1ccncc1)c1cc[n+](CCCCCC(=O)O)cc1.CCC(CC1C(=O)OC(=O)C1CC)OC.CNC(CCCCN)C(C)=O.[Na+]. The van der Waals surface area contributed by atoms with E-state index in [2.05, 4.69) is 160 Å². The molecule has 5 aromatic rings. The van der Waals surface area contributed by atoms with Gasteiger partial charge < -0.3 is 45.8 Å². The summed E-state index contributed by atoms with van der Waals surface area (Å²) in [6, 6.07) is 33.6. The molecule has 13 atom stereocenters. The number of cyclic esters (lactones) is 4. The number of ether oxygens (including phenoxy) is 3. The number of hydrogen-bond donors (Lipinski definition) is 5. The van der Waals surface area contributed by atoms with Crippen molar-refractivity contribution in [2.24, 2.45) is 47.0 Å². The van der Waals surface area contributed by atoms with Gasteiger partial charge >= 0.3 is 65.4 Å². The zero-order valence-electron chi connectivity index (χ0n) is 69.7. The standard InChI is InChI=1S/C22H30N2O2.C15H18O3.C11H15Cl.C11H18O4.C10H14O3S.C8H18N2O.C5H13N.C5H10O2.4CH4.Na/c1-3-19(17-18(2)20-8-12-23-13-9-20)21-10-15-24(16-11-21)14-6-4-5-7-22(25)26;1-10(12-6-4-3-5-7-12)8-9-13-11(2)14(16)18-15(13)17;1-3-9(2)11-6-4-10(8-12)5-7-11;1-4-7(14-3)6-9-8(5-2)10(12)15-11(9)13;1-3-8(2)9-4-6-10(7-5-9)14(11,12)13;1-7(11)8(10-2)5-3-4-6-9;1-3-5(2)4-6;1-3-4(2)5(6)7;;;;;/h8-13,15-16,18-19H,3-7,14,17H2,1-2H3;3-7,10-11,13H,8-9H2,1-2H3;4-7,9H,3,8H2,1-2H3;7-9H,4-6H2,1-3H3;4-8H,3H2,1-2H3,(H,11,12,13);8,10H,3-6,9H2,1-2H3;5H,3-4,6H2,1-2H3;4H,3H2,1-2H3,(H,6,7);4*1H4;/q;;;;;;;;;;;;+1. The second-order valence-corrected chi connectivity index (χ2v) is 30.3. The van der Waals surface area contributed by atoms with Gasteiger partial charge in [-0.25, -0.2) is 13.0 Å². The number of aliphatic carboxylic acids is 2. The summed E-state index contributed by atoms with van der Waals surface area (Å²) in [7, 11) is -0.866. The van der Waals surface area contributed by atoms with Crippen LogP contribution in [0, 0.1) is 35.5 Å². The van der Waals surface area contributed by atoms with Crippen molar-refractivity contribution >= 4 is 63.3 Å². The molecule has 114 heavy (non-hydrogen) atoms. The van der Waals surface area contributed by atoms with Gasteiger partial charge in [0.2, 0.25) is 0 Å². The number of nitrogens with zero attached hydrogens (tertiary/aromatic N) is 2. The van der Waals surface area contributed by atoms with E-state index in [0.717, 1.165) is 95.7 Å². The van der Waals surface area contributed by atoms with Crippen LogP contribution in [0.1, 0.15) is 312 Å². The summed E-state index contributed by atoms with van der Waals surface area (Å²) in [6.07, 6.45) is 24.1. The van der Waals surface area contributed by atoms with Crippen LogP contribution in [0.2, 0.25) is 0 Å². The Labute approximate surface area is 717 Å². The minimum Gasteiger partial charge on any atom is -0.744 e. The summed E-state index contributed by atoms with van der Waals surface area (Å²) in [4.78, 5) is 80.8. The molecule has 2 saturated heterocycles. The van der Waals surface area contributed by atoms with Crippen LogP contribution in [0.25, 0.3) is 0 Å².